The van der Waals surface area contributed by atoms with Crippen LogP contribution in [0.1, 0.15) is 29.2 Å². The van der Waals surface area contributed by atoms with Crippen molar-refractivity contribution in [3.63, 3.8) is 0 Å². The number of rotatable bonds is 3. The minimum absolute atomic E-state index is 0.0253. The van der Waals surface area contributed by atoms with Crippen LogP contribution in [0.3, 0.4) is 0 Å². The van der Waals surface area contributed by atoms with E-state index in [-0.39, 0.29) is 38.4 Å². The van der Waals surface area contributed by atoms with E-state index < -0.39 is 41.3 Å². The fourth-order valence-electron chi connectivity index (χ4n) is 3.93. The van der Waals surface area contributed by atoms with Crippen molar-refractivity contribution in [2.24, 2.45) is 0 Å². The summed E-state index contributed by atoms with van der Waals surface area (Å²) < 4.78 is 63.9. The zero-order valence-electron chi connectivity index (χ0n) is 16.9. The van der Waals surface area contributed by atoms with E-state index in [4.69, 9.17) is 9.47 Å². The van der Waals surface area contributed by atoms with Crippen molar-refractivity contribution in [3.8, 4) is 5.75 Å². The average Bonchev–Trinajstić information content (AvgIpc) is 2.77. The summed E-state index contributed by atoms with van der Waals surface area (Å²) in [7, 11) is 0. The largest absolute Gasteiger partial charge is 0.490 e. The minimum atomic E-state index is -4.85. The van der Waals surface area contributed by atoms with E-state index in [9.17, 15) is 27.2 Å². The third-order valence-electron chi connectivity index (χ3n) is 5.53. The first-order valence-corrected chi connectivity index (χ1v) is 10.0. The number of halogens is 4. The molecule has 2 aromatic rings. The number of carbonyl (C=O) groups is 2. The Balaban J connectivity index is 1.44. The van der Waals surface area contributed by atoms with E-state index in [0.717, 1.165) is 11.6 Å². The monoisotopic (exact) mass is 452 g/mol. The molecular formula is C22H20F4N2O4. The quantitative estimate of drug-likeness (QED) is 0.657. The SMILES string of the molecule is O=C(OCc1ccccc1)N1CCN(C2CCOc3c2ccc(C(F)(F)F)c3F)C(=O)C1. The highest BCUT2D eigenvalue weighted by molar-refractivity contribution is 5.84. The second-order valence-electron chi connectivity index (χ2n) is 7.55. The molecule has 4 rings (SSSR count). The molecule has 2 heterocycles. The maximum atomic E-state index is 14.5. The van der Waals surface area contributed by atoms with E-state index in [2.05, 4.69) is 0 Å². The number of hydrogen-bond donors (Lipinski definition) is 0. The number of ether oxygens (including phenoxy) is 2. The van der Waals surface area contributed by atoms with Crippen molar-refractivity contribution in [1.29, 1.82) is 0 Å². The zero-order valence-corrected chi connectivity index (χ0v) is 16.9. The van der Waals surface area contributed by atoms with Crippen LogP contribution in [0.15, 0.2) is 42.5 Å². The van der Waals surface area contributed by atoms with Crippen molar-refractivity contribution < 1.29 is 36.6 Å². The smallest absolute Gasteiger partial charge is 0.419 e. The van der Waals surface area contributed by atoms with Gasteiger partial charge >= 0.3 is 12.3 Å². The van der Waals surface area contributed by atoms with Gasteiger partial charge in [-0.15, -0.1) is 0 Å². The molecule has 2 aliphatic rings. The lowest BCUT2D eigenvalue weighted by Gasteiger charge is -2.40. The number of carbonyl (C=O) groups excluding carboxylic acids is 2. The van der Waals surface area contributed by atoms with Crippen LogP contribution in [0.4, 0.5) is 22.4 Å². The van der Waals surface area contributed by atoms with Crippen LogP contribution in [0, 0.1) is 5.82 Å². The van der Waals surface area contributed by atoms with E-state index in [0.29, 0.717) is 12.5 Å². The van der Waals surface area contributed by atoms with Crippen LogP contribution >= 0.6 is 0 Å². The van der Waals surface area contributed by atoms with Gasteiger partial charge in [0, 0.05) is 25.1 Å². The molecule has 1 unspecified atom stereocenters. The number of fused-ring (bicyclic) bond motifs is 1. The van der Waals surface area contributed by atoms with Crippen LogP contribution in [0.25, 0.3) is 0 Å². The molecule has 0 radical (unpaired) electrons. The van der Waals surface area contributed by atoms with Crippen LogP contribution in [0.5, 0.6) is 5.75 Å². The predicted octanol–water partition coefficient (Wildman–Crippen LogP) is 4.15. The van der Waals surface area contributed by atoms with Gasteiger partial charge in [0.05, 0.1) is 18.2 Å². The minimum Gasteiger partial charge on any atom is -0.490 e. The van der Waals surface area contributed by atoms with Crippen LogP contribution in [0.2, 0.25) is 0 Å². The normalized spacial score (nSPS) is 18.8. The summed E-state index contributed by atoms with van der Waals surface area (Å²) in [4.78, 5) is 27.8. The van der Waals surface area contributed by atoms with Crippen molar-refractivity contribution >= 4 is 12.0 Å². The van der Waals surface area contributed by atoms with Gasteiger partial charge in [-0.3, -0.25) is 9.69 Å². The number of nitrogens with zero attached hydrogens (tertiary/aromatic N) is 2. The van der Waals surface area contributed by atoms with Gasteiger partial charge < -0.3 is 14.4 Å². The Morgan fingerprint density at radius 2 is 1.88 bits per heavy atom. The van der Waals surface area contributed by atoms with Gasteiger partial charge in [-0.05, 0) is 11.6 Å². The first-order chi connectivity index (χ1) is 15.3. The molecule has 0 N–H and O–H groups in total. The second kappa shape index (κ2) is 8.68. The average molecular weight is 452 g/mol. The number of benzene rings is 2. The Bertz CT molecular complexity index is 1010. The maximum absolute atomic E-state index is 14.5. The molecule has 6 nitrogen and oxygen atoms in total. The highest BCUT2D eigenvalue weighted by Gasteiger charge is 2.40. The molecule has 0 aliphatic carbocycles. The molecule has 1 fully saturated rings. The maximum Gasteiger partial charge on any atom is 0.419 e. The van der Waals surface area contributed by atoms with Crippen molar-refractivity contribution in [2.45, 2.75) is 25.2 Å². The van der Waals surface area contributed by atoms with Gasteiger partial charge in [0.1, 0.15) is 13.2 Å². The lowest BCUT2D eigenvalue weighted by atomic mass is 9.96. The Kier molecular flexibility index (Phi) is 5.94. The van der Waals surface area contributed by atoms with Crippen LogP contribution < -0.4 is 4.74 Å². The summed E-state index contributed by atoms with van der Waals surface area (Å²) in [5, 5.41) is 0. The first-order valence-electron chi connectivity index (χ1n) is 10.0. The standard InChI is InChI=1S/C22H20F4N2O4/c23-19-16(22(24,25)26)7-6-15-17(8-11-31-20(15)19)28-10-9-27(12-18(28)29)21(30)32-13-14-4-2-1-3-5-14/h1-7,17H,8-13H2. The van der Waals surface area contributed by atoms with E-state index in [1.165, 1.54) is 9.80 Å². The highest BCUT2D eigenvalue weighted by Crippen LogP contribution is 2.43. The van der Waals surface area contributed by atoms with E-state index in [1.807, 2.05) is 30.3 Å². The molecule has 2 amide bonds. The van der Waals surface area contributed by atoms with Crippen LogP contribution in [-0.2, 0) is 22.3 Å². The fourth-order valence-corrected chi connectivity index (χ4v) is 3.93. The molecule has 0 bridgehead atoms. The van der Waals surface area contributed by atoms with Gasteiger partial charge in [0.25, 0.3) is 0 Å². The molecule has 0 spiro atoms. The zero-order chi connectivity index (χ0) is 22.9. The summed E-state index contributed by atoms with van der Waals surface area (Å²) in [6.45, 7) is 0.148. The Morgan fingerprint density at radius 3 is 2.56 bits per heavy atom. The molecule has 32 heavy (non-hydrogen) atoms. The number of hydrogen-bond acceptors (Lipinski definition) is 4. The Hall–Kier alpha value is -3.30. The molecular weight excluding hydrogens is 432 g/mol. The van der Waals surface area contributed by atoms with Gasteiger partial charge in [0.15, 0.2) is 11.6 Å². The van der Waals surface area contributed by atoms with E-state index in [1.54, 1.807) is 0 Å². The van der Waals surface area contributed by atoms with Crippen molar-refractivity contribution in [2.75, 3.05) is 26.2 Å². The molecule has 1 saturated heterocycles. The molecule has 1 atom stereocenters. The second-order valence-corrected chi connectivity index (χ2v) is 7.55. The summed E-state index contributed by atoms with van der Waals surface area (Å²) in [5.41, 5.74) is -0.408. The molecule has 0 saturated carbocycles. The summed E-state index contributed by atoms with van der Waals surface area (Å²) in [5.74, 6) is -2.35. The molecule has 2 aliphatic heterocycles. The fraction of sp³-hybridized carbons (Fsp3) is 0.364. The highest BCUT2D eigenvalue weighted by atomic mass is 19.4. The number of alkyl halides is 3. The molecule has 10 heteroatoms. The predicted molar refractivity (Wildman–Crippen MR) is 104 cm³/mol. The van der Waals surface area contributed by atoms with E-state index >= 15 is 0 Å². The first kappa shape index (κ1) is 21.9. The van der Waals surface area contributed by atoms with Gasteiger partial charge in [0.2, 0.25) is 5.91 Å². The molecule has 0 aromatic heterocycles. The number of amides is 2. The lowest BCUT2D eigenvalue weighted by molar-refractivity contribution is -0.141. The third kappa shape index (κ3) is 4.35. The molecule has 2 aromatic carbocycles. The molecule has 170 valence electrons. The van der Waals surface area contributed by atoms with Crippen LogP contribution in [-0.4, -0.2) is 48.0 Å². The van der Waals surface area contributed by atoms with Crippen molar-refractivity contribution in [3.05, 3.63) is 65.0 Å². The van der Waals surface area contributed by atoms with Gasteiger partial charge in [-0.1, -0.05) is 36.4 Å². The lowest BCUT2D eigenvalue weighted by Crippen LogP contribution is -2.53. The van der Waals surface area contributed by atoms with Crippen molar-refractivity contribution in [1.82, 2.24) is 9.80 Å². The topological polar surface area (TPSA) is 59.1 Å². The third-order valence-corrected chi connectivity index (χ3v) is 5.53. The summed E-state index contributed by atoms with van der Waals surface area (Å²) in [6.07, 6.45) is -5.17. The summed E-state index contributed by atoms with van der Waals surface area (Å²) in [6, 6.07) is 10.3. The number of piperazine rings is 1. The van der Waals surface area contributed by atoms with Gasteiger partial charge in [-0.25, -0.2) is 9.18 Å². The van der Waals surface area contributed by atoms with Gasteiger partial charge in [-0.2, -0.15) is 13.2 Å². The summed E-state index contributed by atoms with van der Waals surface area (Å²) >= 11 is 0. The Morgan fingerprint density at radius 1 is 1.12 bits per heavy atom. The Labute approximate surface area is 181 Å².